The average molecular weight is 489 g/mol. The standard InChI is InChI=1S/C25H26.2C4H9.Ti/c1-5-17-15-19-11-7-9-13-21(19)23(17)25(3,4)24-18(6-2)16-20-12-8-10-14-22(20)24;2*1-3-4-2;/h7-16H,5-6H2,1-4H3;2*1,3-4H2,2H3;/q-2;2*-1;+4. The van der Waals surface area contributed by atoms with Crippen molar-refractivity contribution in [1.29, 1.82) is 0 Å². The molecule has 0 aliphatic carbocycles. The van der Waals surface area contributed by atoms with E-state index in [0.29, 0.717) is 0 Å². The Morgan fingerprint density at radius 2 is 0.971 bits per heavy atom. The predicted molar refractivity (Wildman–Crippen MR) is 150 cm³/mol. The molecule has 0 atom stereocenters. The third kappa shape index (κ3) is 6.74. The van der Waals surface area contributed by atoms with Crippen molar-refractivity contribution in [2.75, 3.05) is 0 Å². The molecule has 0 nitrogen and oxygen atoms in total. The zero-order valence-electron chi connectivity index (χ0n) is 22.4. The summed E-state index contributed by atoms with van der Waals surface area (Å²) in [5.41, 5.74) is 5.98. The Labute approximate surface area is 224 Å². The molecule has 4 aromatic carbocycles. The second-order valence-corrected chi connectivity index (χ2v) is 9.30. The van der Waals surface area contributed by atoms with Crippen molar-refractivity contribution in [3.63, 3.8) is 0 Å². The van der Waals surface area contributed by atoms with Gasteiger partial charge in [0, 0.05) is 0 Å². The van der Waals surface area contributed by atoms with E-state index < -0.39 is 0 Å². The molecule has 0 aliphatic heterocycles. The van der Waals surface area contributed by atoms with Crippen LogP contribution in [0.1, 0.15) is 89.5 Å². The summed E-state index contributed by atoms with van der Waals surface area (Å²) in [6, 6.07) is 22.5. The number of rotatable bonds is 6. The Bertz CT molecular complexity index is 1010. The molecule has 0 radical (unpaired) electrons. The van der Waals surface area contributed by atoms with E-state index >= 15 is 0 Å². The first kappa shape index (κ1) is 30.4. The second-order valence-electron chi connectivity index (χ2n) is 9.30. The third-order valence-electron chi connectivity index (χ3n) is 6.48. The SMILES string of the molecule is CCc1[cH-]c2ccccc2c1C(C)(C)c1c(CC)[cH-]c2ccccc12.[CH2-]CCC.[CH2-]CCC.[Ti+4]. The van der Waals surface area contributed by atoms with Gasteiger partial charge in [-0.2, -0.15) is 12.8 Å². The van der Waals surface area contributed by atoms with Crippen LogP contribution in [-0.2, 0) is 40.0 Å². The van der Waals surface area contributed by atoms with Gasteiger partial charge in [0.1, 0.15) is 0 Å². The Balaban J connectivity index is 0.000000563. The Kier molecular flexibility index (Phi) is 13.1. The molecule has 34 heavy (non-hydrogen) atoms. The van der Waals surface area contributed by atoms with E-state index in [9.17, 15) is 0 Å². The first-order valence-corrected chi connectivity index (χ1v) is 12.8. The molecule has 0 unspecified atom stereocenters. The van der Waals surface area contributed by atoms with Crippen molar-refractivity contribution in [2.24, 2.45) is 0 Å². The van der Waals surface area contributed by atoms with E-state index in [1.807, 2.05) is 0 Å². The van der Waals surface area contributed by atoms with Gasteiger partial charge in [-0.1, -0.05) is 71.9 Å². The first-order valence-electron chi connectivity index (χ1n) is 12.8. The molecule has 0 fully saturated rings. The fourth-order valence-electron chi connectivity index (χ4n) is 4.73. The minimum atomic E-state index is -0.0110. The molecule has 0 aromatic heterocycles. The molecule has 180 valence electrons. The molecule has 4 rings (SSSR count). The summed E-state index contributed by atoms with van der Waals surface area (Å²) in [7, 11) is 0. The van der Waals surface area contributed by atoms with E-state index in [-0.39, 0.29) is 27.1 Å². The van der Waals surface area contributed by atoms with Crippen LogP contribution in [0, 0.1) is 13.8 Å². The van der Waals surface area contributed by atoms with E-state index in [1.54, 1.807) is 0 Å². The van der Waals surface area contributed by atoms with E-state index in [1.165, 1.54) is 56.6 Å². The zero-order chi connectivity index (χ0) is 24.4. The third-order valence-corrected chi connectivity index (χ3v) is 6.48. The van der Waals surface area contributed by atoms with Crippen LogP contribution < -0.4 is 0 Å². The van der Waals surface area contributed by atoms with Crippen LogP contribution in [0.15, 0.2) is 60.7 Å². The van der Waals surface area contributed by atoms with Crippen LogP contribution in [0.4, 0.5) is 0 Å². The minimum Gasteiger partial charge on any atom is -0.343 e. The molecule has 0 spiro atoms. The van der Waals surface area contributed by atoms with Crippen molar-refractivity contribution in [3.05, 3.63) is 96.8 Å². The van der Waals surface area contributed by atoms with Gasteiger partial charge in [-0.3, -0.25) is 0 Å². The molecule has 0 saturated carbocycles. The molecular weight excluding hydrogens is 444 g/mol. The number of benzene rings is 2. The largest absolute Gasteiger partial charge is 4.00 e. The summed E-state index contributed by atoms with van der Waals surface area (Å²) >= 11 is 0. The minimum absolute atomic E-state index is 0. The van der Waals surface area contributed by atoms with Crippen molar-refractivity contribution in [3.8, 4) is 0 Å². The zero-order valence-corrected chi connectivity index (χ0v) is 24.0. The van der Waals surface area contributed by atoms with Crippen LogP contribution >= 0.6 is 0 Å². The van der Waals surface area contributed by atoms with E-state index in [4.69, 9.17) is 0 Å². The number of unbranched alkanes of at least 4 members (excludes halogenated alkanes) is 2. The van der Waals surface area contributed by atoms with Crippen LogP contribution in [0.5, 0.6) is 0 Å². The molecule has 0 bridgehead atoms. The predicted octanol–water partition coefficient (Wildman–Crippen LogP) is 10.1. The van der Waals surface area contributed by atoms with Gasteiger partial charge in [-0.05, 0) is 12.8 Å². The smallest absolute Gasteiger partial charge is 0.343 e. The molecule has 0 N–H and O–H groups in total. The summed E-state index contributed by atoms with van der Waals surface area (Å²) in [6.07, 6.45) is 6.71. The second kappa shape index (κ2) is 14.7. The molecule has 0 aliphatic rings. The fourth-order valence-corrected chi connectivity index (χ4v) is 4.73. The Hall–Kier alpha value is -1.63. The number of aryl methyl sites for hydroxylation is 2. The van der Waals surface area contributed by atoms with Gasteiger partial charge in [-0.25, -0.2) is 0 Å². The van der Waals surface area contributed by atoms with Crippen molar-refractivity contribution >= 4 is 21.5 Å². The number of hydrogen-bond acceptors (Lipinski definition) is 0. The Morgan fingerprint density at radius 3 is 1.26 bits per heavy atom. The van der Waals surface area contributed by atoms with E-state index in [0.717, 1.165) is 25.7 Å². The van der Waals surface area contributed by atoms with Gasteiger partial charge in [0.2, 0.25) is 0 Å². The van der Waals surface area contributed by atoms with Gasteiger partial charge < -0.3 is 13.8 Å². The number of fused-ring (bicyclic) bond motifs is 2. The maximum absolute atomic E-state index is 3.60. The topological polar surface area (TPSA) is 0 Å². The van der Waals surface area contributed by atoms with Gasteiger partial charge >= 0.3 is 21.7 Å². The van der Waals surface area contributed by atoms with Crippen LogP contribution in [0.2, 0.25) is 0 Å². The Morgan fingerprint density at radius 1 is 0.647 bits per heavy atom. The first-order chi connectivity index (χ1) is 15.9. The van der Waals surface area contributed by atoms with Crippen LogP contribution in [0.3, 0.4) is 0 Å². The van der Waals surface area contributed by atoms with Crippen molar-refractivity contribution in [2.45, 2.75) is 85.5 Å². The summed E-state index contributed by atoms with van der Waals surface area (Å²) in [5, 5.41) is 5.57. The molecule has 0 heterocycles. The summed E-state index contributed by atoms with van der Waals surface area (Å²) in [6.45, 7) is 20.8. The monoisotopic (exact) mass is 488 g/mol. The van der Waals surface area contributed by atoms with Gasteiger partial charge in [0.15, 0.2) is 0 Å². The van der Waals surface area contributed by atoms with Gasteiger partial charge in [-0.15, -0.1) is 92.3 Å². The van der Waals surface area contributed by atoms with Crippen LogP contribution in [0.25, 0.3) is 21.5 Å². The summed E-state index contributed by atoms with van der Waals surface area (Å²) in [5.74, 6) is 0. The average Bonchev–Trinajstić information content (AvgIpc) is 3.43. The molecule has 0 amide bonds. The molecular formula is C33H44Ti. The van der Waals surface area contributed by atoms with Gasteiger partial charge in [0.25, 0.3) is 0 Å². The summed E-state index contributed by atoms with van der Waals surface area (Å²) < 4.78 is 0. The molecule has 1 heteroatoms. The van der Waals surface area contributed by atoms with Crippen LogP contribution in [-0.4, -0.2) is 0 Å². The van der Waals surface area contributed by atoms with Gasteiger partial charge in [0.05, 0.1) is 0 Å². The van der Waals surface area contributed by atoms with E-state index in [2.05, 4.69) is 116 Å². The maximum Gasteiger partial charge on any atom is 4.00 e. The molecule has 0 saturated heterocycles. The van der Waals surface area contributed by atoms with Crippen molar-refractivity contribution in [1.82, 2.24) is 0 Å². The maximum atomic E-state index is 3.60. The number of hydrogen-bond donors (Lipinski definition) is 0. The fraction of sp³-hybridized carbons (Fsp3) is 0.394. The normalized spacial score (nSPS) is 10.8. The quantitative estimate of drug-likeness (QED) is 0.187. The van der Waals surface area contributed by atoms with Crippen molar-refractivity contribution < 1.29 is 21.7 Å². The summed E-state index contributed by atoms with van der Waals surface area (Å²) in [4.78, 5) is 0. The molecule has 4 aromatic rings.